The number of benzene rings is 1. The lowest BCUT2D eigenvalue weighted by Crippen LogP contribution is -2.18. The summed E-state index contributed by atoms with van der Waals surface area (Å²) >= 11 is 17.7. The molecule has 0 amide bonds. The minimum atomic E-state index is -0.256. The van der Waals surface area contributed by atoms with E-state index < -0.39 is 0 Å². The molecule has 1 aliphatic rings. The molecule has 1 saturated carbocycles. The molecule has 92 valence electrons. The van der Waals surface area contributed by atoms with E-state index in [0.29, 0.717) is 5.02 Å². The molecule has 0 saturated heterocycles. The van der Waals surface area contributed by atoms with Crippen LogP contribution in [0.15, 0.2) is 12.1 Å². The van der Waals surface area contributed by atoms with Crippen LogP contribution in [0.3, 0.4) is 0 Å². The van der Waals surface area contributed by atoms with Crippen molar-refractivity contribution >= 4 is 40.8 Å². The van der Waals surface area contributed by atoms with Crippen molar-refractivity contribution in [3.8, 4) is 5.75 Å². The van der Waals surface area contributed by atoms with Gasteiger partial charge < -0.3 is 4.74 Å². The number of carbonyl (C=O) groups excluding carboxylic acids is 1. The number of halogens is 3. The summed E-state index contributed by atoms with van der Waals surface area (Å²) in [7, 11) is 0. The van der Waals surface area contributed by atoms with Gasteiger partial charge in [-0.05, 0) is 25.0 Å². The SMILES string of the molecule is O=C(Oc1c(Cl)cc(Cl)cc1Cl)C1CCCC1. The van der Waals surface area contributed by atoms with Crippen molar-refractivity contribution in [2.45, 2.75) is 25.7 Å². The normalized spacial score (nSPS) is 16.2. The molecule has 0 atom stereocenters. The zero-order valence-corrected chi connectivity index (χ0v) is 11.3. The molecule has 0 aromatic heterocycles. The van der Waals surface area contributed by atoms with Crippen LogP contribution in [0, 0.1) is 5.92 Å². The molecule has 0 N–H and O–H groups in total. The van der Waals surface area contributed by atoms with Crippen molar-refractivity contribution in [1.82, 2.24) is 0 Å². The second kappa shape index (κ2) is 5.47. The Bertz CT molecular complexity index is 416. The summed E-state index contributed by atoms with van der Waals surface area (Å²) < 4.78 is 5.25. The second-order valence-electron chi connectivity index (χ2n) is 4.10. The van der Waals surface area contributed by atoms with Crippen molar-refractivity contribution in [2.24, 2.45) is 5.92 Å². The van der Waals surface area contributed by atoms with E-state index in [1.54, 1.807) is 0 Å². The van der Waals surface area contributed by atoms with Crippen LogP contribution < -0.4 is 4.74 Å². The average molecular weight is 294 g/mol. The van der Waals surface area contributed by atoms with E-state index in [-0.39, 0.29) is 27.7 Å². The number of hydrogen-bond donors (Lipinski definition) is 0. The fourth-order valence-corrected chi connectivity index (χ4v) is 2.87. The van der Waals surface area contributed by atoms with E-state index in [1.165, 1.54) is 12.1 Å². The molecule has 5 heteroatoms. The Balaban J connectivity index is 2.15. The fraction of sp³-hybridized carbons (Fsp3) is 0.417. The van der Waals surface area contributed by atoms with Gasteiger partial charge in [-0.25, -0.2) is 0 Å². The largest absolute Gasteiger partial charge is 0.423 e. The monoisotopic (exact) mass is 292 g/mol. The first-order valence-corrected chi connectivity index (χ1v) is 6.57. The van der Waals surface area contributed by atoms with Crippen LogP contribution in [0.5, 0.6) is 5.75 Å². The summed E-state index contributed by atoms with van der Waals surface area (Å²) in [5.74, 6) is -0.0823. The maximum atomic E-state index is 11.8. The maximum Gasteiger partial charge on any atom is 0.314 e. The van der Waals surface area contributed by atoms with E-state index >= 15 is 0 Å². The third-order valence-electron chi connectivity index (χ3n) is 2.85. The van der Waals surface area contributed by atoms with E-state index in [0.717, 1.165) is 25.7 Å². The predicted molar refractivity (Wildman–Crippen MR) is 69.1 cm³/mol. The second-order valence-corrected chi connectivity index (χ2v) is 5.35. The van der Waals surface area contributed by atoms with Gasteiger partial charge in [0.2, 0.25) is 0 Å². The van der Waals surface area contributed by atoms with Gasteiger partial charge in [-0.3, -0.25) is 4.79 Å². The summed E-state index contributed by atoms with van der Waals surface area (Å²) in [6.45, 7) is 0. The first kappa shape index (κ1) is 13.0. The Morgan fingerprint density at radius 2 is 1.65 bits per heavy atom. The van der Waals surface area contributed by atoms with Gasteiger partial charge in [-0.1, -0.05) is 47.6 Å². The van der Waals surface area contributed by atoms with Crippen LogP contribution in [0.25, 0.3) is 0 Å². The summed E-state index contributed by atoms with van der Waals surface area (Å²) in [5.41, 5.74) is 0. The smallest absolute Gasteiger partial charge is 0.314 e. The molecule has 0 aliphatic heterocycles. The van der Waals surface area contributed by atoms with Crippen molar-refractivity contribution in [1.29, 1.82) is 0 Å². The molecule has 0 unspecified atom stereocenters. The first-order chi connectivity index (χ1) is 8.08. The minimum Gasteiger partial charge on any atom is -0.423 e. The Labute approximate surface area is 115 Å². The van der Waals surface area contributed by atoms with Gasteiger partial charge in [0.1, 0.15) is 0 Å². The van der Waals surface area contributed by atoms with Crippen LogP contribution in [-0.2, 0) is 4.79 Å². The summed E-state index contributed by atoms with van der Waals surface area (Å²) in [5, 5.41) is 0.934. The van der Waals surface area contributed by atoms with Crippen molar-refractivity contribution in [2.75, 3.05) is 0 Å². The van der Waals surface area contributed by atoms with E-state index in [1.807, 2.05) is 0 Å². The highest BCUT2D eigenvalue weighted by Gasteiger charge is 2.26. The van der Waals surface area contributed by atoms with E-state index in [9.17, 15) is 4.79 Å². The van der Waals surface area contributed by atoms with Crippen LogP contribution in [0.4, 0.5) is 0 Å². The molecule has 2 rings (SSSR count). The highest BCUT2D eigenvalue weighted by molar-refractivity contribution is 6.40. The van der Waals surface area contributed by atoms with Crippen LogP contribution in [0.1, 0.15) is 25.7 Å². The molecule has 0 bridgehead atoms. The fourth-order valence-electron chi connectivity index (χ4n) is 1.97. The van der Waals surface area contributed by atoms with Gasteiger partial charge >= 0.3 is 5.97 Å². The highest BCUT2D eigenvalue weighted by Crippen LogP contribution is 2.37. The first-order valence-electron chi connectivity index (χ1n) is 5.44. The third kappa shape index (κ3) is 3.06. The molecule has 1 aliphatic carbocycles. The number of rotatable bonds is 2. The number of ether oxygens (including phenoxy) is 1. The summed E-state index contributed by atoms with van der Waals surface area (Å²) in [4.78, 5) is 11.8. The zero-order valence-electron chi connectivity index (χ0n) is 9.01. The van der Waals surface area contributed by atoms with Crippen LogP contribution >= 0.6 is 34.8 Å². The van der Waals surface area contributed by atoms with Crippen molar-refractivity contribution in [3.05, 3.63) is 27.2 Å². The van der Waals surface area contributed by atoms with Crippen molar-refractivity contribution < 1.29 is 9.53 Å². The van der Waals surface area contributed by atoms with Gasteiger partial charge in [0.05, 0.1) is 16.0 Å². The standard InChI is InChI=1S/C12H11Cl3O2/c13-8-5-9(14)11(10(15)6-8)17-12(16)7-3-1-2-4-7/h5-7H,1-4H2. The van der Waals surface area contributed by atoms with Crippen LogP contribution in [0.2, 0.25) is 15.1 Å². The Morgan fingerprint density at radius 3 is 2.18 bits per heavy atom. The van der Waals surface area contributed by atoms with Gasteiger partial charge in [0.25, 0.3) is 0 Å². The van der Waals surface area contributed by atoms with Gasteiger partial charge in [-0.15, -0.1) is 0 Å². The Kier molecular flexibility index (Phi) is 4.18. The molecular weight excluding hydrogens is 282 g/mol. The van der Waals surface area contributed by atoms with Crippen LogP contribution in [-0.4, -0.2) is 5.97 Å². The molecule has 1 aromatic rings. The Hall–Kier alpha value is -0.440. The number of esters is 1. The number of hydrogen-bond acceptors (Lipinski definition) is 2. The van der Waals surface area contributed by atoms with Gasteiger partial charge in [0.15, 0.2) is 5.75 Å². The average Bonchev–Trinajstić information content (AvgIpc) is 2.76. The quantitative estimate of drug-likeness (QED) is 0.581. The van der Waals surface area contributed by atoms with E-state index in [4.69, 9.17) is 39.5 Å². The molecule has 2 nitrogen and oxygen atoms in total. The maximum absolute atomic E-state index is 11.8. The van der Waals surface area contributed by atoms with Gasteiger partial charge in [0, 0.05) is 5.02 Å². The molecule has 0 heterocycles. The minimum absolute atomic E-state index is 0.0298. The van der Waals surface area contributed by atoms with E-state index in [2.05, 4.69) is 0 Å². The summed E-state index contributed by atoms with van der Waals surface area (Å²) in [6, 6.07) is 3.01. The molecule has 1 fully saturated rings. The zero-order chi connectivity index (χ0) is 12.4. The molecular formula is C12H11Cl3O2. The topological polar surface area (TPSA) is 26.3 Å². The molecule has 17 heavy (non-hydrogen) atoms. The molecule has 0 spiro atoms. The molecule has 1 aromatic carbocycles. The Morgan fingerprint density at radius 1 is 1.12 bits per heavy atom. The lowest BCUT2D eigenvalue weighted by molar-refractivity contribution is -0.138. The third-order valence-corrected chi connectivity index (χ3v) is 3.63. The molecule has 0 radical (unpaired) electrons. The van der Waals surface area contributed by atoms with Gasteiger partial charge in [-0.2, -0.15) is 0 Å². The summed E-state index contributed by atoms with van der Waals surface area (Å²) in [6.07, 6.45) is 3.90. The highest BCUT2D eigenvalue weighted by atomic mass is 35.5. The number of carbonyl (C=O) groups is 1. The lowest BCUT2D eigenvalue weighted by atomic mass is 10.1. The predicted octanol–water partition coefficient (Wildman–Crippen LogP) is 4.74. The lowest BCUT2D eigenvalue weighted by Gasteiger charge is -2.12. The van der Waals surface area contributed by atoms with Crippen molar-refractivity contribution in [3.63, 3.8) is 0 Å².